The van der Waals surface area contributed by atoms with Crippen LogP contribution in [0.15, 0.2) is 24.5 Å². The van der Waals surface area contributed by atoms with Crippen molar-refractivity contribution < 1.29 is 4.74 Å². The lowest BCUT2D eigenvalue weighted by Crippen LogP contribution is -2.05. The molecule has 0 saturated heterocycles. The second-order valence-corrected chi connectivity index (χ2v) is 4.26. The Labute approximate surface area is 113 Å². The Morgan fingerprint density at radius 1 is 1.37 bits per heavy atom. The maximum atomic E-state index is 5.54. The molecule has 0 bridgehead atoms. The van der Waals surface area contributed by atoms with Gasteiger partial charge in [-0.05, 0) is 25.5 Å². The summed E-state index contributed by atoms with van der Waals surface area (Å²) in [7, 11) is 1.94. The third-order valence-corrected chi connectivity index (χ3v) is 2.84. The average Bonchev–Trinajstić information content (AvgIpc) is 2.78. The monoisotopic (exact) mass is 260 g/mol. The highest BCUT2D eigenvalue weighted by atomic mass is 16.5. The van der Waals surface area contributed by atoms with E-state index in [1.807, 2.05) is 37.0 Å². The first kappa shape index (κ1) is 13.4. The number of hydrogen-bond acceptors (Lipinski definition) is 4. The fourth-order valence-corrected chi connectivity index (χ4v) is 2.00. The van der Waals surface area contributed by atoms with Crippen LogP contribution in [0.2, 0.25) is 0 Å². The number of pyridine rings is 1. The molecule has 0 spiro atoms. The molecule has 5 nitrogen and oxygen atoms in total. The molecule has 0 atom stereocenters. The summed E-state index contributed by atoms with van der Waals surface area (Å²) in [4.78, 5) is 4.31. The van der Waals surface area contributed by atoms with E-state index in [2.05, 4.69) is 22.3 Å². The Hall–Kier alpha value is -2.04. The van der Waals surface area contributed by atoms with E-state index >= 15 is 0 Å². The van der Waals surface area contributed by atoms with Crippen molar-refractivity contribution >= 4 is 5.82 Å². The first-order chi connectivity index (χ1) is 9.24. The van der Waals surface area contributed by atoms with Crippen LogP contribution in [-0.4, -0.2) is 21.4 Å². The van der Waals surface area contributed by atoms with Crippen LogP contribution in [0.1, 0.15) is 25.1 Å². The van der Waals surface area contributed by atoms with Gasteiger partial charge in [0.1, 0.15) is 0 Å². The fourth-order valence-electron chi connectivity index (χ4n) is 2.00. The first-order valence-corrected chi connectivity index (χ1v) is 6.57. The van der Waals surface area contributed by atoms with Gasteiger partial charge in [-0.2, -0.15) is 5.10 Å². The molecule has 102 valence electrons. The lowest BCUT2D eigenvalue weighted by atomic mass is 10.2. The van der Waals surface area contributed by atoms with Crippen molar-refractivity contribution in [2.45, 2.75) is 26.8 Å². The van der Waals surface area contributed by atoms with Gasteiger partial charge >= 0.3 is 0 Å². The van der Waals surface area contributed by atoms with E-state index in [4.69, 9.17) is 4.74 Å². The first-order valence-electron chi connectivity index (χ1n) is 6.57. The van der Waals surface area contributed by atoms with Crippen LogP contribution >= 0.6 is 0 Å². The fraction of sp³-hybridized carbons (Fsp3) is 0.429. The minimum absolute atomic E-state index is 0.632. The van der Waals surface area contributed by atoms with Crippen LogP contribution in [0.4, 0.5) is 5.82 Å². The number of ether oxygens (including phenoxy) is 1. The molecule has 0 aliphatic rings. The average molecular weight is 260 g/mol. The molecular weight excluding hydrogens is 240 g/mol. The summed E-state index contributed by atoms with van der Waals surface area (Å²) in [6, 6.07) is 3.79. The van der Waals surface area contributed by atoms with E-state index < -0.39 is 0 Å². The van der Waals surface area contributed by atoms with Crippen LogP contribution < -0.4 is 10.1 Å². The van der Waals surface area contributed by atoms with E-state index in [-0.39, 0.29) is 0 Å². The second-order valence-electron chi connectivity index (χ2n) is 4.26. The molecule has 2 heterocycles. The molecule has 0 aromatic carbocycles. The Morgan fingerprint density at radius 2 is 2.21 bits per heavy atom. The Balaban J connectivity index is 2.09. The van der Waals surface area contributed by atoms with Crippen molar-refractivity contribution in [2.24, 2.45) is 7.05 Å². The largest absolute Gasteiger partial charge is 0.490 e. The number of rotatable bonds is 6. The third-order valence-electron chi connectivity index (χ3n) is 2.84. The number of nitrogens with zero attached hydrogens (tertiary/aromatic N) is 3. The number of anilines is 1. The zero-order valence-electron chi connectivity index (χ0n) is 11.7. The number of nitrogens with one attached hydrogen (secondary N) is 1. The number of aryl methyl sites for hydroxylation is 2. The molecule has 5 heteroatoms. The van der Waals surface area contributed by atoms with Crippen molar-refractivity contribution in [3.05, 3.63) is 35.8 Å². The van der Waals surface area contributed by atoms with Crippen molar-refractivity contribution in [2.75, 3.05) is 11.9 Å². The zero-order valence-corrected chi connectivity index (χ0v) is 11.7. The zero-order chi connectivity index (χ0) is 13.7. The summed E-state index contributed by atoms with van der Waals surface area (Å²) in [5, 5.41) is 7.74. The predicted molar refractivity (Wildman–Crippen MR) is 75.3 cm³/mol. The van der Waals surface area contributed by atoms with Crippen molar-refractivity contribution in [3.63, 3.8) is 0 Å². The molecular formula is C14H20N4O. The molecule has 0 amide bonds. The van der Waals surface area contributed by atoms with Crippen molar-refractivity contribution in [1.29, 1.82) is 0 Å². The summed E-state index contributed by atoms with van der Waals surface area (Å²) >= 11 is 0. The van der Waals surface area contributed by atoms with Gasteiger partial charge in [0.15, 0.2) is 11.6 Å². The van der Waals surface area contributed by atoms with Crippen LogP contribution in [0.3, 0.4) is 0 Å². The predicted octanol–water partition coefficient (Wildman–Crippen LogP) is 2.39. The van der Waals surface area contributed by atoms with Gasteiger partial charge in [-0.1, -0.05) is 6.92 Å². The van der Waals surface area contributed by atoms with E-state index in [0.29, 0.717) is 13.2 Å². The normalized spacial score (nSPS) is 10.5. The summed E-state index contributed by atoms with van der Waals surface area (Å²) in [5.74, 6) is 1.56. The Kier molecular flexibility index (Phi) is 4.39. The lowest BCUT2D eigenvalue weighted by Gasteiger charge is -2.10. The van der Waals surface area contributed by atoms with Crippen LogP contribution in [0.25, 0.3) is 0 Å². The van der Waals surface area contributed by atoms with Gasteiger partial charge in [-0.25, -0.2) is 4.98 Å². The highest BCUT2D eigenvalue weighted by molar-refractivity contribution is 5.49. The smallest absolute Gasteiger partial charge is 0.169 e. The maximum absolute atomic E-state index is 5.54. The minimum Gasteiger partial charge on any atom is -0.490 e. The highest BCUT2D eigenvalue weighted by Crippen LogP contribution is 2.21. The van der Waals surface area contributed by atoms with E-state index in [1.54, 1.807) is 6.20 Å². The van der Waals surface area contributed by atoms with Gasteiger partial charge in [0.05, 0.1) is 12.3 Å². The quantitative estimate of drug-likeness (QED) is 0.866. The number of hydrogen-bond donors (Lipinski definition) is 1. The molecule has 19 heavy (non-hydrogen) atoms. The molecule has 2 aromatic rings. The van der Waals surface area contributed by atoms with Crippen LogP contribution in [0, 0.1) is 0 Å². The molecule has 0 unspecified atom stereocenters. The summed E-state index contributed by atoms with van der Waals surface area (Å²) in [5.41, 5.74) is 2.31. The lowest BCUT2D eigenvalue weighted by molar-refractivity contribution is 0.340. The summed E-state index contributed by atoms with van der Waals surface area (Å²) in [6.45, 7) is 5.41. The molecule has 2 aromatic heterocycles. The van der Waals surface area contributed by atoms with Crippen molar-refractivity contribution in [1.82, 2.24) is 14.8 Å². The van der Waals surface area contributed by atoms with Gasteiger partial charge in [0.2, 0.25) is 0 Å². The third kappa shape index (κ3) is 3.24. The van der Waals surface area contributed by atoms with E-state index in [9.17, 15) is 0 Å². The standard InChI is InChI=1S/C14H20N4O/c1-4-12-11(10-18(3)17-12)9-16-14-13(19-5-2)7-6-8-15-14/h6-8,10H,4-5,9H2,1-3H3,(H,15,16). The van der Waals surface area contributed by atoms with Gasteiger partial charge in [0, 0.05) is 31.5 Å². The summed E-state index contributed by atoms with van der Waals surface area (Å²) < 4.78 is 7.39. The van der Waals surface area contributed by atoms with Gasteiger partial charge in [-0.15, -0.1) is 0 Å². The Morgan fingerprint density at radius 3 is 2.95 bits per heavy atom. The van der Waals surface area contributed by atoms with Gasteiger partial charge in [0.25, 0.3) is 0 Å². The molecule has 0 fully saturated rings. The van der Waals surface area contributed by atoms with Crippen LogP contribution in [0.5, 0.6) is 5.75 Å². The van der Waals surface area contributed by atoms with Gasteiger partial charge in [-0.3, -0.25) is 4.68 Å². The van der Waals surface area contributed by atoms with E-state index in [1.165, 1.54) is 5.56 Å². The Bertz CT molecular complexity index is 536. The molecule has 1 N–H and O–H groups in total. The molecule has 2 rings (SSSR count). The maximum Gasteiger partial charge on any atom is 0.169 e. The topological polar surface area (TPSA) is 52.0 Å². The highest BCUT2D eigenvalue weighted by Gasteiger charge is 2.08. The van der Waals surface area contributed by atoms with Crippen molar-refractivity contribution in [3.8, 4) is 5.75 Å². The van der Waals surface area contributed by atoms with Crippen LogP contribution in [-0.2, 0) is 20.0 Å². The van der Waals surface area contributed by atoms with Gasteiger partial charge < -0.3 is 10.1 Å². The second kappa shape index (κ2) is 6.22. The number of aromatic nitrogens is 3. The summed E-state index contributed by atoms with van der Waals surface area (Å²) in [6.07, 6.45) is 4.72. The SMILES string of the molecule is CCOc1cccnc1NCc1cn(C)nc1CC. The molecule has 0 aliphatic heterocycles. The molecule has 0 saturated carbocycles. The minimum atomic E-state index is 0.632. The molecule has 0 radical (unpaired) electrons. The van der Waals surface area contributed by atoms with E-state index in [0.717, 1.165) is 23.7 Å². The molecule has 0 aliphatic carbocycles.